The van der Waals surface area contributed by atoms with Crippen molar-refractivity contribution >= 4 is 45.6 Å². The molecule has 0 saturated carbocycles. The van der Waals surface area contributed by atoms with Crippen LogP contribution in [0.5, 0.6) is 0 Å². The Balaban J connectivity index is 0.00000208. The molecule has 1 atom stereocenters. The standard InChI is InChI=1S/C18H26N2OS2.ClH/c21-18(9-5-4-8-17-10-15-22-23-17)20-13-11-19(12-14-20)16-6-2-1-3-7-16;/h1-3,6-7,17H,4-5,8-15H2;1H. The van der Waals surface area contributed by atoms with E-state index in [1.54, 1.807) is 0 Å². The summed E-state index contributed by atoms with van der Waals surface area (Å²) in [4.78, 5) is 16.8. The van der Waals surface area contributed by atoms with Crippen molar-refractivity contribution in [3.63, 3.8) is 0 Å². The van der Waals surface area contributed by atoms with E-state index in [4.69, 9.17) is 0 Å². The molecule has 134 valence electrons. The van der Waals surface area contributed by atoms with E-state index in [2.05, 4.69) is 34.1 Å². The number of anilines is 1. The van der Waals surface area contributed by atoms with Crippen molar-refractivity contribution in [1.29, 1.82) is 0 Å². The first-order chi connectivity index (χ1) is 11.3. The van der Waals surface area contributed by atoms with E-state index in [0.717, 1.165) is 44.3 Å². The minimum absolute atomic E-state index is 0. The van der Waals surface area contributed by atoms with Gasteiger partial charge in [-0.1, -0.05) is 46.2 Å². The van der Waals surface area contributed by atoms with Gasteiger partial charge in [0.05, 0.1) is 0 Å². The largest absolute Gasteiger partial charge is 0.368 e. The molecule has 0 radical (unpaired) electrons. The molecule has 3 nitrogen and oxygen atoms in total. The maximum atomic E-state index is 12.3. The summed E-state index contributed by atoms with van der Waals surface area (Å²) < 4.78 is 0. The molecule has 2 aliphatic rings. The van der Waals surface area contributed by atoms with E-state index >= 15 is 0 Å². The van der Waals surface area contributed by atoms with Gasteiger partial charge in [0.15, 0.2) is 0 Å². The fraction of sp³-hybridized carbons (Fsp3) is 0.611. The molecule has 2 fully saturated rings. The molecule has 1 aromatic carbocycles. The molecule has 0 aliphatic carbocycles. The predicted octanol–water partition coefficient (Wildman–Crippen LogP) is 4.47. The number of piperazine rings is 1. The van der Waals surface area contributed by atoms with Gasteiger partial charge in [0, 0.05) is 49.3 Å². The lowest BCUT2D eigenvalue weighted by Crippen LogP contribution is -2.48. The number of hydrogen-bond donors (Lipinski definition) is 0. The molecule has 1 unspecified atom stereocenters. The number of unbranched alkanes of at least 4 members (excludes halogenated alkanes) is 1. The van der Waals surface area contributed by atoms with Gasteiger partial charge < -0.3 is 9.80 Å². The molecule has 0 N–H and O–H groups in total. The van der Waals surface area contributed by atoms with Gasteiger partial charge in [-0.2, -0.15) is 0 Å². The smallest absolute Gasteiger partial charge is 0.222 e. The molecule has 2 aliphatic heterocycles. The highest BCUT2D eigenvalue weighted by atomic mass is 35.5. The minimum atomic E-state index is 0. The van der Waals surface area contributed by atoms with Crippen LogP contribution >= 0.6 is 34.0 Å². The van der Waals surface area contributed by atoms with Gasteiger partial charge in [0.1, 0.15) is 0 Å². The lowest BCUT2D eigenvalue weighted by atomic mass is 10.1. The van der Waals surface area contributed by atoms with Crippen molar-refractivity contribution in [2.24, 2.45) is 0 Å². The van der Waals surface area contributed by atoms with E-state index in [-0.39, 0.29) is 12.4 Å². The Morgan fingerprint density at radius 1 is 1.08 bits per heavy atom. The Morgan fingerprint density at radius 2 is 1.83 bits per heavy atom. The number of para-hydroxylation sites is 1. The van der Waals surface area contributed by atoms with Crippen molar-refractivity contribution in [2.45, 2.75) is 37.4 Å². The van der Waals surface area contributed by atoms with Crippen molar-refractivity contribution < 1.29 is 4.79 Å². The molecule has 2 heterocycles. The van der Waals surface area contributed by atoms with Crippen LogP contribution in [0.3, 0.4) is 0 Å². The van der Waals surface area contributed by atoms with Crippen LogP contribution < -0.4 is 4.90 Å². The maximum absolute atomic E-state index is 12.3. The molecule has 6 heteroatoms. The zero-order valence-corrected chi connectivity index (χ0v) is 16.5. The third-order valence-electron chi connectivity index (χ3n) is 4.65. The summed E-state index contributed by atoms with van der Waals surface area (Å²) in [7, 11) is 4.05. The van der Waals surface area contributed by atoms with E-state index < -0.39 is 0 Å². The third-order valence-corrected chi connectivity index (χ3v) is 7.65. The number of hydrogen-bond acceptors (Lipinski definition) is 4. The fourth-order valence-electron chi connectivity index (χ4n) is 3.22. The van der Waals surface area contributed by atoms with E-state index in [0.29, 0.717) is 5.91 Å². The number of rotatable bonds is 6. The number of carbonyl (C=O) groups is 1. The first-order valence-electron chi connectivity index (χ1n) is 8.69. The monoisotopic (exact) mass is 386 g/mol. The van der Waals surface area contributed by atoms with Crippen LogP contribution in [0.4, 0.5) is 5.69 Å². The SMILES string of the molecule is Cl.O=C(CCCCC1CCSS1)N1CCN(c2ccccc2)CC1. The number of benzene rings is 1. The van der Waals surface area contributed by atoms with Crippen LogP contribution in [0.25, 0.3) is 0 Å². The third kappa shape index (κ3) is 5.78. The fourth-order valence-corrected chi connectivity index (χ4v) is 6.25. The van der Waals surface area contributed by atoms with Gasteiger partial charge in [0.25, 0.3) is 0 Å². The van der Waals surface area contributed by atoms with Crippen LogP contribution in [0, 0.1) is 0 Å². The van der Waals surface area contributed by atoms with Crippen LogP contribution in [0.1, 0.15) is 32.1 Å². The molecule has 3 rings (SSSR count). The Hall–Kier alpha value is -0.520. The number of amides is 1. The van der Waals surface area contributed by atoms with Crippen LogP contribution in [-0.2, 0) is 4.79 Å². The number of halogens is 1. The molecule has 0 aromatic heterocycles. The molecule has 1 amide bonds. The summed E-state index contributed by atoms with van der Waals surface area (Å²) in [6.07, 6.45) is 5.63. The lowest BCUT2D eigenvalue weighted by Gasteiger charge is -2.36. The van der Waals surface area contributed by atoms with Crippen LogP contribution in [0.2, 0.25) is 0 Å². The molecule has 1 aromatic rings. The van der Waals surface area contributed by atoms with Crippen molar-refractivity contribution in [3.8, 4) is 0 Å². The van der Waals surface area contributed by atoms with Gasteiger partial charge in [-0.25, -0.2) is 0 Å². The Kier molecular flexibility index (Phi) is 8.63. The summed E-state index contributed by atoms with van der Waals surface area (Å²) in [6, 6.07) is 10.5. The zero-order valence-electron chi connectivity index (χ0n) is 14.1. The summed E-state index contributed by atoms with van der Waals surface area (Å²) in [5.74, 6) is 1.66. The van der Waals surface area contributed by atoms with Crippen molar-refractivity contribution in [2.75, 3.05) is 36.8 Å². The first kappa shape index (κ1) is 19.8. The van der Waals surface area contributed by atoms with Gasteiger partial charge in [-0.05, 0) is 31.4 Å². The van der Waals surface area contributed by atoms with Crippen LogP contribution in [0.15, 0.2) is 30.3 Å². The maximum Gasteiger partial charge on any atom is 0.222 e. The Morgan fingerprint density at radius 3 is 2.50 bits per heavy atom. The zero-order chi connectivity index (χ0) is 15.9. The Bertz CT molecular complexity index is 489. The second kappa shape index (κ2) is 10.5. The van der Waals surface area contributed by atoms with E-state index in [1.165, 1.54) is 30.7 Å². The van der Waals surface area contributed by atoms with Crippen molar-refractivity contribution in [1.82, 2.24) is 4.90 Å². The average molecular weight is 387 g/mol. The van der Waals surface area contributed by atoms with Crippen LogP contribution in [-0.4, -0.2) is 48.0 Å². The lowest BCUT2D eigenvalue weighted by molar-refractivity contribution is -0.131. The predicted molar refractivity (Wildman–Crippen MR) is 109 cm³/mol. The minimum Gasteiger partial charge on any atom is -0.368 e. The topological polar surface area (TPSA) is 23.6 Å². The van der Waals surface area contributed by atoms with Gasteiger partial charge >= 0.3 is 0 Å². The van der Waals surface area contributed by atoms with Gasteiger partial charge in [0.2, 0.25) is 5.91 Å². The molecular weight excluding hydrogens is 360 g/mol. The second-order valence-corrected chi connectivity index (χ2v) is 9.07. The summed E-state index contributed by atoms with van der Waals surface area (Å²) in [5, 5.41) is 0.838. The molecule has 0 spiro atoms. The molecule has 2 saturated heterocycles. The first-order valence-corrected chi connectivity index (χ1v) is 11.1. The quantitative estimate of drug-likeness (QED) is 0.531. The summed E-state index contributed by atoms with van der Waals surface area (Å²) >= 11 is 0. The number of carbonyl (C=O) groups excluding carboxylic acids is 1. The van der Waals surface area contributed by atoms with E-state index in [1.807, 2.05) is 27.7 Å². The van der Waals surface area contributed by atoms with Crippen molar-refractivity contribution in [3.05, 3.63) is 30.3 Å². The normalized spacial score (nSPS) is 20.8. The Labute approximate surface area is 159 Å². The highest BCUT2D eigenvalue weighted by molar-refractivity contribution is 8.77. The average Bonchev–Trinajstić information content (AvgIpc) is 3.13. The molecular formula is C18H27ClN2OS2. The highest BCUT2D eigenvalue weighted by Gasteiger charge is 2.21. The summed E-state index contributed by atoms with van der Waals surface area (Å²) in [6.45, 7) is 3.63. The molecule has 0 bridgehead atoms. The van der Waals surface area contributed by atoms with Gasteiger partial charge in [-0.15, -0.1) is 12.4 Å². The van der Waals surface area contributed by atoms with E-state index in [9.17, 15) is 4.79 Å². The van der Waals surface area contributed by atoms with Gasteiger partial charge in [-0.3, -0.25) is 4.79 Å². The number of nitrogens with zero attached hydrogens (tertiary/aromatic N) is 2. The summed E-state index contributed by atoms with van der Waals surface area (Å²) in [5.41, 5.74) is 1.27. The highest BCUT2D eigenvalue weighted by Crippen LogP contribution is 2.39. The second-order valence-electron chi connectivity index (χ2n) is 6.28. The molecule has 24 heavy (non-hydrogen) atoms.